The fourth-order valence-electron chi connectivity index (χ4n) is 2.75. The van der Waals surface area contributed by atoms with Crippen molar-refractivity contribution >= 4 is 5.78 Å². The molecule has 3 heteroatoms. The van der Waals surface area contributed by atoms with Gasteiger partial charge in [-0.05, 0) is 38.2 Å². The molecule has 3 nitrogen and oxygen atoms in total. The maximum Gasteiger partial charge on any atom is 0.180 e. The summed E-state index contributed by atoms with van der Waals surface area (Å²) in [4.78, 5) is 11.7. The van der Waals surface area contributed by atoms with Gasteiger partial charge in [-0.1, -0.05) is 0 Å². The Kier molecular flexibility index (Phi) is 1.58. The minimum absolute atomic E-state index is 0.213. The highest BCUT2D eigenvalue weighted by Gasteiger charge is 2.42. The Morgan fingerprint density at radius 2 is 2.07 bits per heavy atom. The second kappa shape index (κ2) is 2.69. The summed E-state index contributed by atoms with van der Waals surface area (Å²) in [6.07, 6.45) is 8.32. The molecule has 0 aromatic carbocycles. The molecular formula is C11H14N2O. The van der Waals surface area contributed by atoms with Crippen LogP contribution in [0.3, 0.4) is 0 Å². The van der Waals surface area contributed by atoms with Crippen molar-refractivity contribution in [2.24, 2.45) is 0 Å². The molecule has 3 rings (SSSR count). The van der Waals surface area contributed by atoms with Crippen LogP contribution in [-0.2, 0) is 5.54 Å². The fourth-order valence-corrected chi connectivity index (χ4v) is 2.75. The number of carbonyl (C=O) groups is 1. The molecule has 0 atom stereocenters. The summed E-state index contributed by atoms with van der Waals surface area (Å²) in [7, 11) is 0. The lowest BCUT2D eigenvalue weighted by Crippen LogP contribution is -2.41. The Bertz CT molecular complexity index is 376. The van der Waals surface area contributed by atoms with Crippen LogP contribution in [0.5, 0.6) is 0 Å². The Morgan fingerprint density at radius 1 is 1.29 bits per heavy atom. The van der Waals surface area contributed by atoms with E-state index in [2.05, 4.69) is 5.10 Å². The van der Waals surface area contributed by atoms with Gasteiger partial charge in [0.15, 0.2) is 5.78 Å². The maximum absolute atomic E-state index is 11.7. The van der Waals surface area contributed by atoms with Gasteiger partial charge in [0, 0.05) is 12.6 Å². The van der Waals surface area contributed by atoms with Crippen LogP contribution in [0.1, 0.15) is 49.0 Å². The molecular weight excluding hydrogens is 176 g/mol. The zero-order valence-electron chi connectivity index (χ0n) is 8.20. The van der Waals surface area contributed by atoms with Crippen molar-refractivity contribution in [1.29, 1.82) is 0 Å². The number of carbonyl (C=O) groups excluding carboxylic acids is 1. The van der Waals surface area contributed by atoms with Gasteiger partial charge in [0.1, 0.15) is 5.69 Å². The number of aromatic nitrogens is 2. The van der Waals surface area contributed by atoms with Crippen LogP contribution in [0, 0.1) is 0 Å². The van der Waals surface area contributed by atoms with E-state index in [1.807, 2.05) is 10.7 Å². The third-order valence-corrected chi connectivity index (χ3v) is 3.71. The molecule has 1 aromatic rings. The first kappa shape index (κ1) is 8.21. The summed E-state index contributed by atoms with van der Waals surface area (Å²) < 4.78 is 2.01. The molecule has 1 aromatic heterocycles. The molecule has 1 aliphatic heterocycles. The SMILES string of the molecule is O=C1CCCC2(CCC2)n2nccc21. The van der Waals surface area contributed by atoms with E-state index in [1.165, 1.54) is 19.3 Å². The molecule has 0 bridgehead atoms. The second-order valence-electron chi connectivity index (χ2n) is 4.48. The monoisotopic (exact) mass is 190 g/mol. The van der Waals surface area contributed by atoms with Crippen molar-refractivity contribution in [3.8, 4) is 0 Å². The molecule has 1 aliphatic carbocycles. The van der Waals surface area contributed by atoms with E-state index in [4.69, 9.17) is 0 Å². The van der Waals surface area contributed by atoms with Crippen LogP contribution in [0.4, 0.5) is 0 Å². The van der Waals surface area contributed by atoms with Crippen LogP contribution < -0.4 is 0 Å². The molecule has 14 heavy (non-hydrogen) atoms. The first-order chi connectivity index (χ1) is 6.82. The highest BCUT2D eigenvalue weighted by atomic mass is 16.1. The van der Waals surface area contributed by atoms with Gasteiger partial charge in [0.25, 0.3) is 0 Å². The minimum Gasteiger partial charge on any atom is -0.292 e. The number of hydrogen-bond acceptors (Lipinski definition) is 2. The van der Waals surface area contributed by atoms with Gasteiger partial charge in [0.05, 0.1) is 5.54 Å². The van der Waals surface area contributed by atoms with Gasteiger partial charge in [-0.15, -0.1) is 0 Å². The van der Waals surface area contributed by atoms with Crippen LogP contribution in [-0.4, -0.2) is 15.6 Å². The zero-order chi connectivity index (χ0) is 9.60. The average molecular weight is 190 g/mol. The first-order valence-corrected chi connectivity index (χ1v) is 5.40. The van der Waals surface area contributed by atoms with Gasteiger partial charge in [-0.25, -0.2) is 0 Å². The zero-order valence-corrected chi connectivity index (χ0v) is 8.20. The van der Waals surface area contributed by atoms with Gasteiger partial charge in [-0.2, -0.15) is 5.10 Å². The van der Waals surface area contributed by atoms with Crippen molar-refractivity contribution in [2.75, 3.05) is 0 Å². The van der Waals surface area contributed by atoms with Crippen LogP contribution in [0.15, 0.2) is 12.3 Å². The lowest BCUT2D eigenvalue weighted by Gasteiger charge is -2.42. The largest absolute Gasteiger partial charge is 0.292 e. The van der Waals surface area contributed by atoms with Crippen molar-refractivity contribution in [1.82, 2.24) is 9.78 Å². The maximum atomic E-state index is 11.7. The standard InChI is InChI=1S/C11H14N2O/c14-10-3-1-5-11(6-2-7-11)13-9(10)4-8-12-13/h4,8H,1-3,5-7H2. The van der Waals surface area contributed by atoms with Crippen molar-refractivity contribution < 1.29 is 4.79 Å². The molecule has 0 saturated heterocycles. The van der Waals surface area contributed by atoms with E-state index in [1.54, 1.807) is 6.20 Å². The third-order valence-electron chi connectivity index (χ3n) is 3.71. The third kappa shape index (κ3) is 0.925. The molecule has 74 valence electrons. The highest BCUT2D eigenvalue weighted by molar-refractivity contribution is 5.94. The van der Waals surface area contributed by atoms with Crippen molar-refractivity contribution in [3.05, 3.63) is 18.0 Å². The van der Waals surface area contributed by atoms with Crippen LogP contribution >= 0.6 is 0 Å². The quantitative estimate of drug-likeness (QED) is 0.628. The number of rotatable bonds is 0. The molecule has 1 saturated carbocycles. The summed E-state index contributed by atoms with van der Waals surface area (Å²) in [5.74, 6) is 0.270. The average Bonchev–Trinajstić information content (AvgIpc) is 2.53. The van der Waals surface area contributed by atoms with E-state index in [0.717, 1.165) is 18.5 Å². The predicted molar refractivity (Wildman–Crippen MR) is 52.2 cm³/mol. The number of hydrogen-bond donors (Lipinski definition) is 0. The molecule has 2 heterocycles. The van der Waals surface area contributed by atoms with Gasteiger partial charge in [0.2, 0.25) is 0 Å². The Morgan fingerprint density at radius 3 is 2.79 bits per heavy atom. The van der Waals surface area contributed by atoms with E-state index in [-0.39, 0.29) is 11.3 Å². The fraction of sp³-hybridized carbons (Fsp3) is 0.636. The summed E-state index contributed by atoms with van der Waals surface area (Å²) in [5.41, 5.74) is 1.05. The van der Waals surface area contributed by atoms with E-state index < -0.39 is 0 Å². The van der Waals surface area contributed by atoms with Gasteiger partial charge < -0.3 is 0 Å². The number of Topliss-reactive ketones (excluding diaryl/α,β-unsaturated/α-hetero) is 1. The molecule has 2 aliphatic rings. The Labute approximate surface area is 83.1 Å². The molecule has 0 amide bonds. The summed E-state index contributed by atoms with van der Waals surface area (Å²) in [6.45, 7) is 0. The molecule has 1 spiro atoms. The molecule has 0 unspecified atom stereocenters. The molecule has 0 N–H and O–H groups in total. The second-order valence-corrected chi connectivity index (χ2v) is 4.48. The smallest absolute Gasteiger partial charge is 0.180 e. The lowest BCUT2D eigenvalue weighted by molar-refractivity contribution is 0.0960. The number of fused-ring (bicyclic) bond motifs is 2. The van der Waals surface area contributed by atoms with E-state index in [0.29, 0.717) is 6.42 Å². The number of ketones is 1. The summed E-state index contributed by atoms with van der Waals surface area (Å²) >= 11 is 0. The summed E-state index contributed by atoms with van der Waals surface area (Å²) in [6, 6.07) is 1.87. The predicted octanol–water partition coefficient (Wildman–Crippen LogP) is 2.13. The van der Waals surface area contributed by atoms with Crippen LogP contribution in [0.25, 0.3) is 0 Å². The molecule has 1 fully saturated rings. The van der Waals surface area contributed by atoms with Gasteiger partial charge >= 0.3 is 0 Å². The van der Waals surface area contributed by atoms with E-state index >= 15 is 0 Å². The Hall–Kier alpha value is -1.12. The number of nitrogens with zero attached hydrogens (tertiary/aromatic N) is 2. The first-order valence-electron chi connectivity index (χ1n) is 5.40. The van der Waals surface area contributed by atoms with Crippen molar-refractivity contribution in [3.63, 3.8) is 0 Å². The van der Waals surface area contributed by atoms with Gasteiger partial charge in [-0.3, -0.25) is 9.48 Å². The summed E-state index contributed by atoms with van der Waals surface area (Å²) in [5, 5.41) is 4.34. The Balaban J connectivity index is 2.12. The minimum atomic E-state index is 0.213. The topological polar surface area (TPSA) is 34.9 Å². The highest BCUT2D eigenvalue weighted by Crippen LogP contribution is 2.45. The van der Waals surface area contributed by atoms with Crippen LogP contribution in [0.2, 0.25) is 0 Å². The molecule has 0 radical (unpaired) electrons. The lowest BCUT2D eigenvalue weighted by atomic mass is 9.74. The van der Waals surface area contributed by atoms with E-state index in [9.17, 15) is 4.79 Å². The normalized spacial score (nSPS) is 24.1. The van der Waals surface area contributed by atoms with Crippen molar-refractivity contribution in [2.45, 2.75) is 44.1 Å².